The summed E-state index contributed by atoms with van der Waals surface area (Å²) in [5.74, 6) is -6.45. The number of hydrazine groups is 2. The molecule has 3 aliphatic heterocycles. The standard InChI is InChI=1S/C38H56Cl3N5O7Si.C31H40N4O6/c1-22(2)32(34(49)42-23(3)35(50)46-19-11-12-30(45-46)36(51)52-21-38(39,40)41)44-33(48)28(25(5)53-54(9,10)37(6,7)8)17-14-26-13-15-27-16-18-29(24(4)47)43-31(27)20-26;1-17(2)24-16-28(37)23(19(4)36)12-9-21-8-10-22-11-13-25(33-27(22)15-21)20(5)41-31(40)26-7-6-14-35(34-26)30(39)18(3)32-29(24)38/h13-18,20,22-25,28,30,32,45,47H,11-12,19,21H2,1-10H3,(H,42,49)(H,44,48);8-13,15,17-20,23-24,26,34,36H,6-7,14,16H2,1-5H3,(H,32,38)/b17-14+;12-9+/t23-,24+,25-,28+,30-,32-;18-,19-,20+,23+,24-,26-/m00/s1. The number of alkyl halides is 3. The second-order valence-electron chi connectivity index (χ2n) is 27.3. The van der Waals surface area contributed by atoms with Crippen LogP contribution in [0.15, 0.2) is 72.8 Å². The van der Waals surface area contributed by atoms with Gasteiger partial charge in [0.25, 0.3) is 11.8 Å². The number of amides is 5. The molecule has 2 aromatic heterocycles. The molecule has 0 spiro atoms. The van der Waals surface area contributed by atoms with Gasteiger partial charge in [-0.25, -0.2) is 15.8 Å². The maximum absolute atomic E-state index is 14.2. The molecule has 5 bridgehead atoms. The Balaban J connectivity index is 0.000000312. The zero-order valence-electron chi connectivity index (χ0n) is 57.1. The number of ketones is 1. The number of aliphatic hydroxyl groups excluding tert-OH is 2. The maximum Gasteiger partial charge on any atom is 0.325 e. The fraction of sp³-hybridized carbons (Fsp3) is 0.565. The van der Waals surface area contributed by atoms with E-state index in [1.807, 2.05) is 81.4 Å². The molecule has 0 aliphatic carbocycles. The third-order valence-corrected chi connectivity index (χ3v) is 22.6. The molecule has 26 heteroatoms. The van der Waals surface area contributed by atoms with Gasteiger partial charge in [0.05, 0.1) is 52.6 Å². The molecule has 3 aliphatic rings. The van der Waals surface area contributed by atoms with E-state index < -0.39 is 127 Å². The van der Waals surface area contributed by atoms with E-state index in [2.05, 4.69) is 65.7 Å². The highest BCUT2D eigenvalue weighted by Crippen LogP contribution is 2.39. The molecular weight excluding hydrogens is 1300 g/mol. The summed E-state index contributed by atoms with van der Waals surface area (Å²) in [7, 11) is -2.32. The van der Waals surface area contributed by atoms with Gasteiger partial charge in [-0.1, -0.05) is 144 Å². The average molecular weight is 1390 g/mol. The molecule has 2 aromatic carbocycles. The first-order valence-corrected chi connectivity index (χ1v) is 36.6. The van der Waals surface area contributed by atoms with Crippen LogP contribution in [0.3, 0.4) is 0 Å². The molecule has 12 atom stereocenters. The molecule has 7 rings (SSSR count). The van der Waals surface area contributed by atoms with Gasteiger partial charge >= 0.3 is 11.9 Å². The van der Waals surface area contributed by atoms with E-state index in [0.717, 1.165) is 21.9 Å². The molecule has 5 heterocycles. The average Bonchev–Trinajstić information content (AvgIpc) is 1.07. The van der Waals surface area contributed by atoms with Crippen molar-refractivity contribution in [2.45, 2.75) is 199 Å². The Kier molecular flexibility index (Phi) is 27.5. The quantitative estimate of drug-likeness (QED) is 0.0312. The number of benzene rings is 2. The smallest absolute Gasteiger partial charge is 0.325 e. The van der Waals surface area contributed by atoms with Crippen LogP contribution in [0, 0.1) is 29.6 Å². The second kappa shape index (κ2) is 33.7. The van der Waals surface area contributed by atoms with E-state index in [1.165, 1.54) is 16.9 Å². The zero-order chi connectivity index (χ0) is 70.6. The van der Waals surface area contributed by atoms with Crippen LogP contribution < -0.4 is 26.8 Å². The van der Waals surface area contributed by atoms with Crippen molar-refractivity contribution in [1.29, 1.82) is 0 Å². The van der Waals surface area contributed by atoms with Crippen molar-refractivity contribution in [3.8, 4) is 0 Å². The molecule has 7 N–H and O–H groups in total. The number of esters is 2. The van der Waals surface area contributed by atoms with E-state index in [1.54, 1.807) is 65.8 Å². The molecule has 2 saturated heterocycles. The molecule has 2 fully saturated rings. The minimum atomic E-state index is -2.32. The minimum Gasteiger partial charge on any atom is -0.460 e. The molecule has 0 saturated carbocycles. The number of aromatic nitrogens is 2. The molecule has 520 valence electrons. The summed E-state index contributed by atoms with van der Waals surface area (Å²) in [5.41, 5.74) is 9.94. The van der Waals surface area contributed by atoms with Crippen LogP contribution in [0.25, 0.3) is 34.0 Å². The lowest BCUT2D eigenvalue weighted by Crippen LogP contribution is -2.61. The first kappa shape index (κ1) is 77.6. The van der Waals surface area contributed by atoms with Gasteiger partial charge < -0.3 is 40.1 Å². The Morgan fingerprint density at radius 3 is 2.09 bits per heavy atom. The van der Waals surface area contributed by atoms with Gasteiger partial charge in [0, 0.05) is 36.2 Å². The van der Waals surface area contributed by atoms with Gasteiger partial charge in [0.15, 0.2) is 8.32 Å². The third kappa shape index (κ3) is 21.8. The summed E-state index contributed by atoms with van der Waals surface area (Å²) < 4.78 is 15.7. The molecule has 0 unspecified atom stereocenters. The molecule has 0 radical (unpaired) electrons. The predicted molar refractivity (Wildman–Crippen MR) is 370 cm³/mol. The fourth-order valence-corrected chi connectivity index (χ4v) is 12.5. The van der Waals surface area contributed by atoms with Crippen LogP contribution in [0.4, 0.5) is 0 Å². The predicted octanol–water partition coefficient (Wildman–Crippen LogP) is 9.48. The molecule has 5 amide bonds. The Morgan fingerprint density at radius 2 is 1.46 bits per heavy atom. The Hall–Kier alpha value is -6.41. The summed E-state index contributed by atoms with van der Waals surface area (Å²) >= 11 is 17.1. The Labute approximate surface area is 573 Å². The second-order valence-corrected chi connectivity index (χ2v) is 34.6. The summed E-state index contributed by atoms with van der Waals surface area (Å²) in [4.78, 5) is 116. The van der Waals surface area contributed by atoms with Crippen LogP contribution >= 0.6 is 34.8 Å². The van der Waals surface area contributed by atoms with Crippen LogP contribution in [0.2, 0.25) is 18.1 Å². The molecule has 22 nitrogen and oxygen atoms in total. The lowest BCUT2D eigenvalue weighted by Gasteiger charge is -2.40. The van der Waals surface area contributed by atoms with Gasteiger partial charge in [0.2, 0.25) is 21.5 Å². The third-order valence-electron chi connectivity index (χ3n) is 17.7. The first-order valence-electron chi connectivity index (χ1n) is 32.6. The van der Waals surface area contributed by atoms with E-state index >= 15 is 0 Å². The lowest BCUT2D eigenvalue weighted by atomic mass is 9.84. The number of pyridine rings is 2. The molecule has 95 heavy (non-hydrogen) atoms. The van der Waals surface area contributed by atoms with E-state index in [9.17, 15) is 48.6 Å². The summed E-state index contributed by atoms with van der Waals surface area (Å²) in [6.07, 6.45) is 6.10. The van der Waals surface area contributed by atoms with Crippen molar-refractivity contribution in [3.63, 3.8) is 0 Å². The molecule has 4 aromatic rings. The summed E-state index contributed by atoms with van der Waals surface area (Å²) in [5, 5.41) is 33.3. The van der Waals surface area contributed by atoms with Gasteiger partial charge in [-0.2, -0.15) is 0 Å². The molecular formula is C69H96Cl3N9O13Si. The topological polar surface area (TPSA) is 297 Å². The summed E-state index contributed by atoms with van der Waals surface area (Å²) in [6, 6.07) is 14.4. The zero-order valence-corrected chi connectivity index (χ0v) is 60.4. The van der Waals surface area contributed by atoms with E-state index in [4.69, 9.17) is 53.7 Å². The van der Waals surface area contributed by atoms with Crippen molar-refractivity contribution in [2.24, 2.45) is 29.6 Å². The van der Waals surface area contributed by atoms with Crippen LogP contribution in [0.5, 0.6) is 0 Å². The van der Waals surface area contributed by atoms with Crippen molar-refractivity contribution in [3.05, 3.63) is 95.3 Å². The number of hydrogen-bond donors (Lipinski definition) is 7. The highest BCUT2D eigenvalue weighted by atomic mass is 35.6. The SMILES string of the molecule is CC(C)[C@@H]1CC(=O)[C@@H]([C@H](C)O)/C=C/c2ccc3ccc(nc3c2)[C@@H](C)OC(=O)[C@@H]2CCCN(N2)C(=O)[C@H](C)NC1=O.CC(C)[C@H](NC(=O)[C@H](/C=C/c1ccc2ccc([C@@H](C)O)nc2c1)[C@H](C)O[Si](C)(C)C(C)(C)C)C(=O)N[C@@H](C)C(=O)N1CCC[C@@H](C(=O)OCC(Cl)(Cl)Cl)N1. The Morgan fingerprint density at radius 1 is 0.821 bits per heavy atom. The number of carbonyl (C=O) groups is 8. The minimum absolute atomic E-state index is 0.0826. The monoisotopic (exact) mass is 1390 g/mol. The highest BCUT2D eigenvalue weighted by molar-refractivity contribution is 6.74. The Bertz CT molecular complexity index is 3470. The number of hydrogen-bond acceptors (Lipinski definition) is 17. The number of fused-ring (bicyclic) bond motifs is 5. The van der Waals surface area contributed by atoms with Crippen molar-refractivity contribution in [1.82, 2.24) is 46.8 Å². The lowest BCUT2D eigenvalue weighted by molar-refractivity contribution is -0.157. The van der Waals surface area contributed by atoms with Crippen molar-refractivity contribution < 1.29 is 62.5 Å². The number of halogens is 3. The number of carbonyl (C=O) groups excluding carboxylic acids is 8. The van der Waals surface area contributed by atoms with Gasteiger partial charge in [-0.15, -0.1) is 0 Å². The van der Waals surface area contributed by atoms with Crippen molar-refractivity contribution >= 4 is 124 Å². The first-order chi connectivity index (χ1) is 44.3. The number of cyclic esters (lactones) is 1. The van der Waals surface area contributed by atoms with Crippen molar-refractivity contribution in [2.75, 3.05) is 19.7 Å². The van der Waals surface area contributed by atoms with Crippen LogP contribution in [-0.4, -0.2) is 152 Å². The number of nitrogens with one attached hydrogen (secondary N) is 5. The number of Topliss-reactive ketones (excluding diaryl/α,β-unsaturated/α-hetero) is 1. The number of ether oxygens (including phenoxy) is 2. The largest absolute Gasteiger partial charge is 0.460 e. The van der Waals surface area contributed by atoms with Crippen LogP contribution in [0.1, 0.15) is 157 Å². The van der Waals surface area contributed by atoms with Crippen LogP contribution in [-0.2, 0) is 52.3 Å². The normalized spacial score (nSPS) is 22.8. The fourth-order valence-electron chi connectivity index (χ4n) is 10.9. The maximum atomic E-state index is 14.2. The summed E-state index contributed by atoms with van der Waals surface area (Å²) in [6.45, 7) is 28.1. The van der Waals surface area contributed by atoms with E-state index in [-0.39, 0.29) is 35.0 Å². The number of rotatable bonds is 16. The highest BCUT2D eigenvalue weighted by Gasteiger charge is 2.42. The van der Waals surface area contributed by atoms with Gasteiger partial charge in [-0.05, 0) is 133 Å². The van der Waals surface area contributed by atoms with E-state index in [0.29, 0.717) is 61.2 Å². The van der Waals surface area contributed by atoms with Gasteiger partial charge in [0.1, 0.15) is 48.7 Å². The number of aliphatic hydroxyl groups is 2. The van der Waals surface area contributed by atoms with Gasteiger partial charge in [-0.3, -0.25) is 53.4 Å². The number of nitrogens with zero attached hydrogens (tertiary/aromatic N) is 4.